The van der Waals surface area contributed by atoms with E-state index < -0.39 is 23.6 Å². The van der Waals surface area contributed by atoms with E-state index in [2.05, 4.69) is 5.32 Å². The minimum absolute atomic E-state index is 0.0842. The largest absolute Gasteiger partial charge is 0.388 e. The SMILES string of the molecule is CCC(O)c1cc(F)c(-c2cc(C(N)=O)c(Nc3ccc(C=O)cc3)s2)c(F)c1. The second-order valence-electron chi connectivity index (χ2n) is 6.37. The number of carbonyl (C=O) groups is 2. The molecule has 0 bridgehead atoms. The zero-order valence-corrected chi connectivity index (χ0v) is 16.2. The number of primary amides is 1. The van der Waals surface area contributed by atoms with Crippen LogP contribution in [0.5, 0.6) is 0 Å². The van der Waals surface area contributed by atoms with Crippen molar-refractivity contribution in [3.8, 4) is 10.4 Å². The Hall–Kier alpha value is -3.10. The third-order valence-electron chi connectivity index (χ3n) is 4.38. The summed E-state index contributed by atoms with van der Waals surface area (Å²) in [6.07, 6.45) is 0.0520. The van der Waals surface area contributed by atoms with Gasteiger partial charge in [-0.1, -0.05) is 6.92 Å². The molecule has 0 radical (unpaired) electrons. The number of anilines is 2. The Balaban J connectivity index is 2.02. The summed E-state index contributed by atoms with van der Waals surface area (Å²) in [4.78, 5) is 22.8. The first kappa shape index (κ1) is 20.6. The van der Waals surface area contributed by atoms with Crippen LogP contribution in [0.15, 0.2) is 42.5 Å². The lowest BCUT2D eigenvalue weighted by Crippen LogP contribution is -2.11. The van der Waals surface area contributed by atoms with Gasteiger partial charge in [0, 0.05) is 16.1 Å². The van der Waals surface area contributed by atoms with Gasteiger partial charge in [0.25, 0.3) is 5.91 Å². The average Bonchev–Trinajstić information content (AvgIpc) is 3.10. The molecule has 1 heterocycles. The molecule has 1 aromatic heterocycles. The van der Waals surface area contributed by atoms with Crippen LogP contribution in [0.2, 0.25) is 0 Å². The van der Waals surface area contributed by atoms with Crippen LogP contribution in [0.3, 0.4) is 0 Å². The van der Waals surface area contributed by atoms with Crippen LogP contribution in [-0.4, -0.2) is 17.3 Å². The van der Waals surface area contributed by atoms with Gasteiger partial charge < -0.3 is 16.2 Å². The summed E-state index contributed by atoms with van der Waals surface area (Å²) < 4.78 is 29.3. The van der Waals surface area contributed by atoms with E-state index in [0.717, 1.165) is 23.5 Å². The Morgan fingerprint density at radius 3 is 2.34 bits per heavy atom. The molecule has 0 saturated carbocycles. The molecule has 8 heteroatoms. The predicted octanol–water partition coefficient (Wildman–Crippen LogP) is 4.79. The summed E-state index contributed by atoms with van der Waals surface area (Å²) in [5.74, 6) is -2.43. The van der Waals surface area contributed by atoms with E-state index >= 15 is 0 Å². The molecule has 150 valence electrons. The molecule has 29 heavy (non-hydrogen) atoms. The van der Waals surface area contributed by atoms with Crippen LogP contribution in [0.1, 0.15) is 45.7 Å². The molecule has 5 nitrogen and oxygen atoms in total. The summed E-state index contributed by atoms with van der Waals surface area (Å²) >= 11 is 0.970. The highest BCUT2D eigenvalue weighted by molar-refractivity contribution is 7.20. The zero-order chi connectivity index (χ0) is 21.1. The van der Waals surface area contributed by atoms with Gasteiger partial charge in [-0.15, -0.1) is 11.3 Å². The topological polar surface area (TPSA) is 92.4 Å². The summed E-state index contributed by atoms with van der Waals surface area (Å²) in [5.41, 5.74) is 6.42. The number of rotatable bonds is 7. The van der Waals surface area contributed by atoms with Crippen molar-refractivity contribution in [1.82, 2.24) is 0 Å². The van der Waals surface area contributed by atoms with Gasteiger partial charge in [0.2, 0.25) is 0 Å². The number of hydrogen-bond donors (Lipinski definition) is 3. The minimum atomic E-state index is -0.968. The number of hydrogen-bond acceptors (Lipinski definition) is 5. The Morgan fingerprint density at radius 2 is 1.83 bits per heavy atom. The quantitative estimate of drug-likeness (QED) is 0.483. The number of carbonyl (C=O) groups excluding carboxylic acids is 2. The normalized spacial score (nSPS) is 11.9. The van der Waals surface area contributed by atoms with Crippen LogP contribution >= 0.6 is 11.3 Å². The fourth-order valence-corrected chi connectivity index (χ4v) is 3.95. The lowest BCUT2D eigenvalue weighted by Gasteiger charge is -2.11. The molecular formula is C21H18F2N2O3S. The molecule has 0 aliphatic carbocycles. The molecule has 1 unspecified atom stereocenters. The van der Waals surface area contributed by atoms with Gasteiger partial charge in [-0.25, -0.2) is 8.78 Å². The second kappa shape index (κ2) is 8.50. The number of nitrogens with one attached hydrogen (secondary N) is 1. The van der Waals surface area contributed by atoms with E-state index in [1.807, 2.05) is 0 Å². The number of aliphatic hydroxyl groups excluding tert-OH is 1. The number of amides is 1. The first-order chi connectivity index (χ1) is 13.8. The van der Waals surface area contributed by atoms with Crippen LogP contribution < -0.4 is 11.1 Å². The van der Waals surface area contributed by atoms with Crippen molar-refractivity contribution >= 4 is 34.2 Å². The highest BCUT2D eigenvalue weighted by atomic mass is 32.1. The highest BCUT2D eigenvalue weighted by Crippen LogP contribution is 2.40. The third kappa shape index (κ3) is 4.33. The Morgan fingerprint density at radius 1 is 1.21 bits per heavy atom. The number of halogens is 2. The maximum absolute atomic E-state index is 14.6. The lowest BCUT2D eigenvalue weighted by atomic mass is 10.0. The molecule has 1 amide bonds. The molecule has 0 aliphatic rings. The maximum Gasteiger partial charge on any atom is 0.251 e. The fourth-order valence-electron chi connectivity index (χ4n) is 2.82. The van der Waals surface area contributed by atoms with Crippen molar-refractivity contribution in [2.24, 2.45) is 5.73 Å². The Bertz CT molecular complexity index is 1040. The molecular weight excluding hydrogens is 398 g/mol. The van der Waals surface area contributed by atoms with Gasteiger partial charge >= 0.3 is 0 Å². The smallest absolute Gasteiger partial charge is 0.251 e. The number of aliphatic hydroxyl groups is 1. The van der Waals surface area contributed by atoms with E-state index in [1.54, 1.807) is 31.2 Å². The van der Waals surface area contributed by atoms with Gasteiger partial charge in [0.15, 0.2) is 0 Å². The zero-order valence-electron chi connectivity index (χ0n) is 15.4. The molecule has 3 rings (SSSR count). The fraction of sp³-hybridized carbons (Fsp3) is 0.143. The van der Waals surface area contributed by atoms with E-state index in [-0.39, 0.29) is 21.6 Å². The van der Waals surface area contributed by atoms with Crippen molar-refractivity contribution in [3.63, 3.8) is 0 Å². The summed E-state index contributed by atoms with van der Waals surface area (Å²) in [6.45, 7) is 1.70. The molecule has 0 spiro atoms. The monoisotopic (exact) mass is 416 g/mol. The maximum atomic E-state index is 14.6. The molecule has 3 aromatic rings. The van der Waals surface area contributed by atoms with E-state index in [4.69, 9.17) is 5.73 Å². The van der Waals surface area contributed by atoms with E-state index in [1.165, 1.54) is 6.07 Å². The van der Waals surface area contributed by atoms with Crippen LogP contribution in [0, 0.1) is 11.6 Å². The number of nitrogens with two attached hydrogens (primary N) is 1. The molecule has 0 aliphatic heterocycles. The predicted molar refractivity (Wildman–Crippen MR) is 109 cm³/mol. The standard InChI is InChI=1S/C21H18F2N2O3S/c1-2-17(27)12-7-15(22)19(16(23)8-12)18-9-14(20(24)28)21(29-18)25-13-5-3-11(10-26)4-6-13/h3-10,17,25,27H,2H2,1H3,(H2,24,28). The van der Waals surface area contributed by atoms with Crippen LogP contribution in [0.4, 0.5) is 19.5 Å². The average molecular weight is 416 g/mol. The van der Waals surface area contributed by atoms with Gasteiger partial charge in [0.05, 0.1) is 17.2 Å². The summed E-state index contributed by atoms with van der Waals surface area (Å²) in [6, 6.07) is 9.94. The summed E-state index contributed by atoms with van der Waals surface area (Å²) in [7, 11) is 0. The molecule has 0 fully saturated rings. The first-order valence-corrected chi connectivity index (χ1v) is 9.59. The van der Waals surface area contributed by atoms with E-state index in [0.29, 0.717) is 29.0 Å². The number of benzene rings is 2. The van der Waals surface area contributed by atoms with Crippen LogP contribution in [-0.2, 0) is 0 Å². The summed E-state index contributed by atoms with van der Waals surface area (Å²) in [5, 5.41) is 13.2. The molecule has 2 aromatic carbocycles. The second-order valence-corrected chi connectivity index (χ2v) is 7.42. The minimum Gasteiger partial charge on any atom is -0.388 e. The van der Waals surface area contributed by atoms with Crippen molar-refractivity contribution in [1.29, 1.82) is 0 Å². The lowest BCUT2D eigenvalue weighted by molar-refractivity contribution is 0.100. The molecule has 4 N–H and O–H groups in total. The van der Waals surface area contributed by atoms with Crippen molar-refractivity contribution in [3.05, 3.63) is 70.8 Å². The first-order valence-electron chi connectivity index (χ1n) is 8.77. The highest BCUT2D eigenvalue weighted by Gasteiger charge is 2.21. The van der Waals surface area contributed by atoms with Crippen LogP contribution in [0.25, 0.3) is 10.4 Å². The van der Waals surface area contributed by atoms with Crippen molar-refractivity contribution in [2.75, 3.05) is 5.32 Å². The third-order valence-corrected chi connectivity index (χ3v) is 5.45. The Labute approximate surface area is 169 Å². The van der Waals surface area contributed by atoms with Gasteiger partial charge in [-0.2, -0.15) is 0 Å². The molecule has 0 saturated heterocycles. The van der Waals surface area contributed by atoms with Crippen molar-refractivity contribution < 1.29 is 23.5 Å². The molecule has 1 atom stereocenters. The van der Waals surface area contributed by atoms with Crippen molar-refractivity contribution in [2.45, 2.75) is 19.4 Å². The number of aldehydes is 1. The number of thiophene rings is 1. The Kier molecular flexibility index (Phi) is 6.05. The van der Waals surface area contributed by atoms with E-state index in [9.17, 15) is 23.5 Å². The van der Waals surface area contributed by atoms with Gasteiger partial charge in [-0.3, -0.25) is 9.59 Å². The van der Waals surface area contributed by atoms with Gasteiger partial charge in [0.1, 0.15) is 22.9 Å². The van der Waals surface area contributed by atoms with Gasteiger partial charge in [-0.05, 0) is 54.4 Å².